The number of hydrogen-bond acceptors (Lipinski definition) is 4. The second-order valence-corrected chi connectivity index (χ2v) is 5.98. The fourth-order valence-corrected chi connectivity index (χ4v) is 3.06. The molecule has 0 aromatic carbocycles. The smallest absolute Gasteiger partial charge is 0.188 e. The summed E-state index contributed by atoms with van der Waals surface area (Å²) in [4.78, 5) is 9.95. The number of nitrogens with zero attached hydrogens (tertiary/aromatic N) is 2. The average molecular weight is 333 g/mol. The van der Waals surface area contributed by atoms with Crippen LogP contribution in [-0.2, 0) is 6.42 Å². The first-order valence-electron chi connectivity index (χ1n) is 5.14. The van der Waals surface area contributed by atoms with Crippen LogP contribution in [0.3, 0.4) is 0 Å². The second kappa shape index (κ2) is 5.33. The van der Waals surface area contributed by atoms with Gasteiger partial charge in [-0.05, 0) is 35.3 Å². The normalized spacial score (nSPS) is 10.6. The molecule has 0 spiro atoms. The van der Waals surface area contributed by atoms with Crippen molar-refractivity contribution in [2.24, 2.45) is 0 Å². The van der Waals surface area contributed by atoms with Crippen molar-refractivity contribution in [3.05, 3.63) is 32.3 Å². The van der Waals surface area contributed by atoms with E-state index in [2.05, 4.69) is 45.1 Å². The van der Waals surface area contributed by atoms with Crippen molar-refractivity contribution in [1.29, 1.82) is 0 Å². The van der Waals surface area contributed by atoms with Gasteiger partial charge in [0.25, 0.3) is 0 Å². The van der Waals surface area contributed by atoms with Crippen LogP contribution in [0, 0.1) is 6.92 Å². The highest BCUT2D eigenvalue weighted by Gasteiger charge is 2.08. The Hall–Kier alpha value is -0.650. The number of aromatic nitrogens is 2. The van der Waals surface area contributed by atoms with Gasteiger partial charge in [0.1, 0.15) is 5.82 Å². The number of nitrogens with one attached hydrogen (secondary N) is 1. The van der Waals surface area contributed by atoms with Crippen LogP contribution in [0.2, 0.25) is 5.02 Å². The molecule has 2 aromatic heterocycles. The van der Waals surface area contributed by atoms with Gasteiger partial charge in [-0.25, -0.2) is 9.97 Å². The molecule has 3 nitrogen and oxygen atoms in total. The molecule has 0 unspecified atom stereocenters. The van der Waals surface area contributed by atoms with E-state index in [1.165, 1.54) is 4.88 Å². The van der Waals surface area contributed by atoms with Crippen LogP contribution in [0.15, 0.2) is 16.7 Å². The SMILES string of the molecule is CCc1nc(Nc2ncc(Cl)cc2Br)sc1C. The van der Waals surface area contributed by atoms with Crippen LogP contribution in [0.5, 0.6) is 0 Å². The third-order valence-corrected chi connectivity index (χ3v) is 4.00. The summed E-state index contributed by atoms with van der Waals surface area (Å²) in [5.41, 5.74) is 1.13. The van der Waals surface area contributed by atoms with Crippen molar-refractivity contribution in [2.45, 2.75) is 20.3 Å². The standard InChI is InChI=1S/C11H11BrClN3S/c1-3-9-6(2)17-11(15-9)16-10-8(12)4-7(13)5-14-10/h4-5H,3H2,1-2H3,(H,14,15,16). The number of rotatable bonds is 3. The van der Waals surface area contributed by atoms with Crippen LogP contribution in [0.4, 0.5) is 10.9 Å². The van der Waals surface area contributed by atoms with Gasteiger partial charge in [-0.3, -0.25) is 0 Å². The predicted molar refractivity (Wildman–Crippen MR) is 76.5 cm³/mol. The molecule has 0 saturated heterocycles. The van der Waals surface area contributed by atoms with Crippen LogP contribution in [0.25, 0.3) is 0 Å². The molecule has 0 radical (unpaired) electrons. The van der Waals surface area contributed by atoms with Gasteiger partial charge >= 0.3 is 0 Å². The van der Waals surface area contributed by atoms with Gasteiger partial charge in [-0.15, -0.1) is 11.3 Å². The number of hydrogen-bond donors (Lipinski definition) is 1. The summed E-state index contributed by atoms with van der Waals surface area (Å²) in [6, 6.07) is 1.80. The Morgan fingerprint density at radius 1 is 1.53 bits per heavy atom. The molecule has 0 atom stereocenters. The van der Waals surface area contributed by atoms with E-state index in [-0.39, 0.29) is 0 Å². The summed E-state index contributed by atoms with van der Waals surface area (Å²) in [7, 11) is 0. The van der Waals surface area contributed by atoms with E-state index in [0.717, 1.165) is 27.5 Å². The van der Waals surface area contributed by atoms with E-state index in [9.17, 15) is 0 Å². The summed E-state index contributed by atoms with van der Waals surface area (Å²) in [5, 5.41) is 4.65. The molecule has 17 heavy (non-hydrogen) atoms. The Morgan fingerprint density at radius 3 is 2.88 bits per heavy atom. The zero-order valence-corrected chi connectivity index (χ0v) is 12.6. The zero-order chi connectivity index (χ0) is 12.4. The van der Waals surface area contributed by atoms with Crippen molar-refractivity contribution in [3.8, 4) is 0 Å². The van der Waals surface area contributed by atoms with Crippen LogP contribution < -0.4 is 5.32 Å². The van der Waals surface area contributed by atoms with Gasteiger partial charge in [-0.2, -0.15) is 0 Å². The van der Waals surface area contributed by atoms with Crippen molar-refractivity contribution in [1.82, 2.24) is 9.97 Å². The number of aryl methyl sites for hydroxylation is 2. The van der Waals surface area contributed by atoms with Gasteiger partial charge in [-0.1, -0.05) is 18.5 Å². The highest BCUT2D eigenvalue weighted by atomic mass is 79.9. The topological polar surface area (TPSA) is 37.8 Å². The van der Waals surface area contributed by atoms with Gasteiger partial charge in [0.2, 0.25) is 0 Å². The molecule has 1 N–H and O–H groups in total. The predicted octanol–water partition coefficient (Wildman–Crippen LogP) is 4.57. The molecule has 2 heterocycles. The van der Waals surface area contributed by atoms with Crippen LogP contribution in [-0.4, -0.2) is 9.97 Å². The van der Waals surface area contributed by atoms with E-state index < -0.39 is 0 Å². The lowest BCUT2D eigenvalue weighted by Gasteiger charge is -2.03. The van der Waals surface area contributed by atoms with Crippen molar-refractivity contribution >= 4 is 49.8 Å². The first-order valence-corrected chi connectivity index (χ1v) is 7.13. The second-order valence-electron chi connectivity index (χ2n) is 3.48. The quantitative estimate of drug-likeness (QED) is 0.894. The zero-order valence-electron chi connectivity index (χ0n) is 9.42. The van der Waals surface area contributed by atoms with Gasteiger partial charge in [0.05, 0.1) is 15.2 Å². The molecule has 0 amide bonds. The minimum absolute atomic E-state index is 0.604. The Balaban J connectivity index is 2.25. The molecular weight excluding hydrogens is 322 g/mol. The van der Waals surface area contributed by atoms with Gasteiger partial charge < -0.3 is 5.32 Å². The van der Waals surface area contributed by atoms with Crippen LogP contribution in [0.1, 0.15) is 17.5 Å². The van der Waals surface area contributed by atoms with Crippen molar-refractivity contribution < 1.29 is 0 Å². The Kier molecular flexibility index (Phi) is 4.01. The van der Waals surface area contributed by atoms with E-state index in [4.69, 9.17) is 11.6 Å². The number of pyridine rings is 1. The highest BCUT2D eigenvalue weighted by Crippen LogP contribution is 2.29. The largest absolute Gasteiger partial charge is 0.315 e. The fourth-order valence-electron chi connectivity index (χ4n) is 1.42. The maximum Gasteiger partial charge on any atom is 0.188 e. The molecule has 2 rings (SSSR count). The monoisotopic (exact) mass is 331 g/mol. The molecule has 6 heteroatoms. The molecule has 0 saturated carbocycles. The van der Waals surface area contributed by atoms with Crippen LogP contribution >= 0.6 is 38.9 Å². The summed E-state index contributed by atoms with van der Waals surface area (Å²) >= 11 is 10.9. The summed E-state index contributed by atoms with van der Waals surface area (Å²) < 4.78 is 0.830. The Bertz CT molecular complexity index is 542. The first-order chi connectivity index (χ1) is 8.10. The third-order valence-electron chi connectivity index (χ3n) is 2.26. The summed E-state index contributed by atoms with van der Waals surface area (Å²) in [6.07, 6.45) is 2.55. The molecule has 2 aromatic rings. The average Bonchev–Trinajstić information content (AvgIpc) is 2.63. The van der Waals surface area contributed by atoms with Crippen molar-refractivity contribution in [3.63, 3.8) is 0 Å². The molecule has 0 bridgehead atoms. The maximum absolute atomic E-state index is 5.84. The first kappa shape index (κ1) is 12.8. The fraction of sp³-hybridized carbons (Fsp3) is 0.273. The van der Waals surface area contributed by atoms with Gasteiger partial charge in [0.15, 0.2) is 5.13 Å². The van der Waals surface area contributed by atoms with Crippen molar-refractivity contribution in [2.75, 3.05) is 5.32 Å². The third kappa shape index (κ3) is 2.97. The molecule has 0 aliphatic carbocycles. The lowest BCUT2D eigenvalue weighted by molar-refractivity contribution is 1.04. The van der Waals surface area contributed by atoms with E-state index in [1.807, 2.05) is 0 Å². The summed E-state index contributed by atoms with van der Waals surface area (Å²) in [5.74, 6) is 0.728. The van der Waals surface area contributed by atoms with E-state index in [1.54, 1.807) is 23.6 Å². The summed E-state index contributed by atoms with van der Waals surface area (Å²) in [6.45, 7) is 4.17. The van der Waals surface area contributed by atoms with Gasteiger partial charge in [0, 0.05) is 11.1 Å². The minimum atomic E-state index is 0.604. The highest BCUT2D eigenvalue weighted by molar-refractivity contribution is 9.10. The number of anilines is 2. The lowest BCUT2D eigenvalue weighted by Crippen LogP contribution is -1.94. The lowest BCUT2D eigenvalue weighted by atomic mass is 10.3. The number of halogens is 2. The molecular formula is C11H11BrClN3S. The Labute approximate surface area is 117 Å². The minimum Gasteiger partial charge on any atom is -0.315 e. The Morgan fingerprint density at radius 2 is 2.29 bits per heavy atom. The maximum atomic E-state index is 5.84. The molecule has 0 aliphatic heterocycles. The molecule has 0 fully saturated rings. The van der Waals surface area contributed by atoms with E-state index in [0.29, 0.717) is 5.02 Å². The number of thiazole rings is 1. The van der Waals surface area contributed by atoms with E-state index >= 15 is 0 Å². The molecule has 0 aliphatic rings. The molecule has 90 valence electrons.